The van der Waals surface area contributed by atoms with Gasteiger partial charge in [0.25, 0.3) is 0 Å². The van der Waals surface area contributed by atoms with Gasteiger partial charge in [-0.3, -0.25) is 4.90 Å². The summed E-state index contributed by atoms with van der Waals surface area (Å²) in [5, 5.41) is 9.87. The summed E-state index contributed by atoms with van der Waals surface area (Å²) in [5.41, 5.74) is 4.44. The van der Waals surface area contributed by atoms with E-state index in [9.17, 15) is 5.11 Å². The van der Waals surface area contributed by atoms with Crippen LogP contribution in [0.4, 0.5) is 0 Å². The molecule has 1 aliphatic rings. The van der Waals surface area contributed by atoms with Gasteiger partial charge in [-0.1, -0.05) is 39.0 Å². The highest BCUT2D eigenvalue weighted by atomic mass is 16.5. The number of benzene rings is 1. The quantitative estimate of drug-likeness (QED) is 0.917. The number of aliphatic hydroxyl groups excluding tert-OH is 1. The zero-order valence-electron chi connectivity index (χ0n) is 13.1. The third-order valence-corrected chi connectivity index (χ3v) is 3.99. The van der Waals surface area contributed by atoms with Crippen molar-refractivity contribution < 1.29 is 9.84 Å². The molecule has 0 spiro atoms. The normalized spacial score (nSPS) is 17.9. The van der Waals surface area contributed by atoms with Crippen molar-refractivity contribution >= 4 is 0 Å². The van der Waals surface area contributed by atoms with E-state index in [1.54, 1.807) is 7.11 Å². The molecule has 112 valence electrons. The molecule has 0 radical (unpaired) electrons. The van der Waals surface area contributed by atoms with Crippen LogP contribution in [0.2, 0.25) is 0 Å². The summed E-state index contributed by atoms with van der Waals surface area (Å²) in [7, 11) is 1.63. The lowest BCUT2D eigenvalue weighted by Crippen LogP contribution is -2.38. The second-order valence-corrected chi connectivity index (χ2v) is 6.83. The van der Waals surface area contributed by atoms with Gasteiger partial charge in [0.2, 0.25) is 0 Å². The molecule has 3 nitrogen and oxygen atoms in total. The van der Waals surface area contributed by atoms with Crippen LogP contribution < -0.4 is 0 Å². The van der Waals surface area contributed by atoms with Crippen molar-refractivity contribution in [2.45, 2.75) is 45.3 Å². The van der Waals surface area contributed by atoms with Gasteiger partial charge in [-0.2, -0.15) is 0 Å². The number of nitrogens with zero attached hydrogens (tertiary/aromatic N) is 1. The first kappa shape index (κ1) is 15.5. The summed E-state index contributed by atoms with van der Waals surface area (Å²) in [5.74, 6) is 0. The van der Waals surface area contributed by atoms with Gasteiger partial charge in [0.1, 0.15) is 0 Å². The van der Waals surface area contributed by atoms with Gasteiger partial charge < -0.3 is 9.84 Å². The number of ether oxygens (including phenoxy) is 1. The maximum Gasteiger partial charge on any atom is 0.0900 e. The zero-order valence-corrected chi connectivity index (χ0v) is 13.1. The minimum Gasteiger partial charge on any atom is -0.389 e. The van der Waals surface area contributed by atoms with E-state index in [1.807, 2.05) is 0 Å². The van der Waals surface area contributed by atoms with Crippen LogP contribution in [0.3, 0.4) is 0 Å². The first-order valence-corrected chi connectivity index (χ1v) is 7.42. The summed E-state index contributed by atoms with van der Waals surface area (Å²) in [6.07, 6.45) is 0.673. The summed E-state index contributed by atoms with van der Waals surface area (Å²) < 4.78 is 5.00. The lowest BCUT2D eigenvalue weighted by Gasteiger charge is -2.31. The van der Waals surface area contributed by atoms with Crippen molar-refractivity contribution in [2.75, 3.05) is 26.8 Å². The van der Waals surface area contributed by atoms with Crippen LogP contribution >= 0.6 is 0 Å². The Hall–Kier alpha value is -0.900. The molecule has 0 aliphatic carbocycles. The molecule has 2 rings (SSSR count). The number of aliphatic hydroxyl groups is 1. The predicted molar refractivity (Wildman–Crippen MR) is 82.0 cm³/mol. The average molecular weight is 277 g/mol. The van der Waals surface area contributed by atoms with Crippen LogP contribution in [0.1, 0.15) is 37.5 Å². The Bertz CT molecular complexity index is 451. The molecule has 3 heteroatoms. The van der Waals surface area contributed by atoms with Crippen molar-refractivity contribution in [1.82, 2.24) is 4.90 Å². The third-order valence-electron chi connectivity index (χ3n) is 3.99. The molecule has 0 saturated heterocycles. The number of fused-ring (bicyclic) bond motifs is 1. The van der Waals surface area contributed by atoms with Crippen LogP contribution in [0.25, 0.3) is 0 Å². The third kappa shape index (κ3) is 3.81. The highest BCUT2D eigenvalue weighted by Crippen LogP contribution is 2.27. The van der Waals surface area contributed by atoms with Crippen molar-refractivity contribution in [1.29, 1.82) is 0 Å². The van der Waals surface area contributed by atoms with E-state index in [1.165, 1.54) is 16.7 Å². The van der Waals surface area contributed by atoms with Crippen LogP contribution in [0, 0.1) is 0 Å². The Balaban J connectivity index is 2.08. The Morgan fingerprint density at radius 2 is 2.05 bits per heavy atom. The first-order valence-electron chi connectivity index (χ1n) is 7.42. The smallest absolute Gasteiger partial charge is 0.0900 e. The highest BCUT2D eigenvalue weighted by Gasteiger charge is 2.21. The molecule has 1 aliphatic heterocycles. The zero-order chi connectivity index (χ0) is 14.8. The van der Waals surface area contributed by atoms with Gasteiger partial charge in [0, 0.05) is 26.7 Å². The fourth-order valence-electron chi connectivity index (χ4n) is 2.78. The predicted octanol–water partition coefficient (Wildman–Crippen LogP) is 2.35. The second kappa shape index (κ2) is 6.25. The van der Waals surface area contributed by atoms with E-state index in [2.05, 4.69) is 43.9 Å². The molecule has 1 N–H and O–H groups in total. The van der Waals surface area contributed by atoms with Crippen molar-refractivity contribution in [3.8, 4) is 0 Å². The van der Waals surface area contributed by atoms with Crippen molar-refractivity contribution in [3.63, 3.8) is 0 Å². The number of rotatable bonds is 4. The highest BCUT2D eigenvalue weighted by molar-refractivity contribution is 5.36. The Morgan fingerprint density at radius 1 is 1.30 bits per heavy atom. The molecule has 1 aromatic carbocycles. The fourth-order valence-corrected chi connectivity index (χ4v) is 2.78. The van der Waals surface area contributed by atoms with E-state index in [-0.39, 0.29) is 5.41 Å². The standard InChI is InChI=1S/C17H27NO2/c1-17(2,3)15-6-5-13-7-8-18(10-14(13)9-15)11-16(19)12-20-4/h5-6,9,16,19H,7-8,10-12H2,1-4H3/t16-/m0/s1. The number of β-amino-alcohol motifs (C(OH)–C–C–N with tert-alkyl or cyclic N) is 1. The van der Waals surface area contributed by atoms with E-state index in [4.69, 9.17) is 4.74 Å². The number of hydrogen-bond donors (Lipinski definition) is 1. The maximum atomic E-state index is 9.87. The van der Waals surface area contributed by atoms with Crippen molar-refractivity contribution in [2.24, 2.45) is 0 Å². The van der Waals surface area contributed by atoms with E-state index in [0.717, 1.165) is 19.5 Å². The van der Waals surface area contributed by atoms with E-state index >= 15 is 0 Å². The van der Waals surface area contributed by atoms with Gasteiger partial charge >= 0.3 is 0 Å². The molecule has 0 saturated carbocycles. The Kier molecular flexibility index (Phi) is 4.84. The summed E-state index contributed by atoms with van der Waals surface area (Å²) >= 11 is 0. The second-order valence-electron chi connectivity index (χ2n) is 6.83. The molecule has 0 amide bonds. The van der Waals surface area contributed by atoms with Crippen molar-refractivity contribution in [3.05, 3.63) is 34.9 Å². The molecule has 1 atom stereocenters. The van der Waals surface area contributed by atoms with Crippen LogP contribution in [0.15, 0.2) is 18.2 Å². The minimum absolute atomic E-state index is 0.187. The van der Waals surface area contributed by atoms with E-state index < -0.39 is 6.10 Å². The van der Waals surface area contributed by atoms with Crippen LogP contribution in [-0.2, 0) is 23.1 Å². The molecular weight excluding hydrogens is 250 g/mol. The fraction of sp³-hybridized carbons (Fsp3) is 0.647. The maximum absolute atomic E-state index is 9.87. The molecule has 0 aromatic heterocycles. The van der Waals surface area contributed by atoms with E-state index in [0.29, 0.717) is 13.2 Å². The van der Waals surface area contributed by atoms with Gasteiger partial charge in [0.15, 0.2) is 0 Å². The lowest BCUT2D eigenvalue weighted by molar-refractivity contribution is 0.0346. The van der Waals surface area contributed by atoms with Crippen LogP contribution in [0.5, 0.6) is 0 Å². The minimum atomic E-state index is -0.396. The average Bonchev–Trinajstić information content (AvgIpc) is 2.37. The Labute approximate surface area is 122 Å². The van der Waals surface area contributed by atoms with Gasteiger partial charge in [-0.25, -0.2) is 0 Å². The number of methoxy groups -OCH3 is 1. The lowest BCUT2D eigenvalue weighted by atomic mass is 9.84. The Morgan fingerprint density at radius 3 is 2.70 bits per heavy atom. The molecule has 0 unspecified atom stereocenters. The van der Waals surface area contributed by atoms with Gasteiger partial charge in [-0.15, -0.1) is 0 Å². The monoisotopic (exact) mass is 277 g/mol. The summed E-state index contributed by atoms with van der Waals surface area (Å²) in [4.78, 5) is 2.32. The van der Waals surface area contributed by atoms with Gasteiger partial charge in [-0.05, 0) is 28.5 Å². The largest absolute Gasteiger partial charge is 0.389 e. The molecule has 0 bridgehead atoms. The molecular formula is C17H27NO2. The molecule has 20 heavy (non-hydrogen) atoms. The molecule has 1 aromatic rings. The summed E-state index contributed by atoms with van der Waals surface area (Å²) in [6, 6.07) is 6.87. The van der Waals surface area contributed by atoms with Gasteiger partial charge in [0.05, 0.1) is 12.7 Å². The molecule has 1 heterocycles. The topological polar surface area (TPSA) is 32.7 Å². The summed E-state index contributed by atoms with van der Waals surface area (Å²) in [6.45, 7) is 9.79. The molecule has 0 fully saturated rings. The SMILES string of the molecule is COC[C@@H](O)CN1CCc2ccc(C(C)(C)C)cc2C1. The van der Waals surface area contributed by atoms with Crippen LogP contribution in [-0.4, -0.2) is 42.9 Å². The first-order chi connectivity index (χ1) is 9.40. The number of hydrogen-bond acceptors (Lipinski definition) is 3.